The van der Waals surface area contributed by atoms with Gasteiger partial charge in [0.2, 0.25) is 0 Å². The molecule has 0 atom stereocenters. The van der Waals surface area contributed by atoms with E-state index in [-0.39, 0.29) is 12.4 Å². The van der Waals surface area contributed by atoms with Crippen LogP contribution in [0.5, 0.6) is 5.75 Å². The average molecular weight is 212 g/mol. The quantitative estimate of drug-likeness (QED) is 0.829. The van der Waals surface area contributed by atoms with E-state index in [1.165, 1.54) is 23.5 Å². The van der Waals surface area contributed by atoms with Crippen LogP contribution in [0.2, 0.25) is 0 Å². The van der Waals surface area contributed by atoms with Crippen molar-refractivity contribution in [1.82, 2.24) is 0 Å². The molecular formula is C10H9FO2S. The van der Waals surface area contributed by atoms with Crippen LogP contribution in [0.3, 0.4) is 0 Å². The Morgan fingerprint density at radius 3 is 2.93 bits per heavy atom. The standard InChI is InChI=1S/C10H9FO2S/c1-13-9-5-14-10-6(4-12)2-7(11)3-8(9)10/h2-3,5,12H,4H2,1H3. The second kappa shape index (κ2) is 3.55. The molecule has 2 rings (SSSR count). The van der Waals surface area contributed by atoms with Crippen molar-refractivity contribution in [3.05, 3.63) is 28.9 Å². The summed E-state index contributed by atoms with van der Waals surface area (Å²) in [7, 11) is 1.55. The summed E-state index contributed by atoms with van der Waals surface area (Å²) >= 11 is 1.45. The maximum Gasteiger partial charge on any atom is 0.137 e. The van der Waals surface area contributed by atoms with E-state index in [0.717, 1.165) is 10.1 Å². The van der Waals surface area contributed by atoms with Gasteiger partial charge in [0.05, 0.1) is 13.7 Å². The zero-order chi connectivity index (χ0) is 10.1. The number of hydrogen-bond donors (Lipinski definition) is 1. The summed E-state index contributed by atoms with van der Waals surface area (Å²) < 4.78 is 19.1. The molecule has 0 saturated heterocycles. The van der Waals surface area contributed by atoms with Gasteiger partial charge in [0.15, 0.2) is 0 Å². The number of halogens is 1. The Hall–Kier alpha value is -1.13. The van der Waals surface area contributed by atoms with E-state index in [0.29, 0.717) is 11.3 Å². The van der Waals surface area contributed by atoms with Crippen LogP contribution in [0, 0.1) is 5.82 Å². The number of benzene rings is 1. The lowest BCUT2D eigenvalue weighted by Crippen LogP contribution is -1.86. The van der Waals surface area contributed by atoms with Gasteiger partial charge in [0, 0.05) is 15.5 Å². The third-order valence-electron chi connectivity index (χ3n) is 2.07. The zero-order valence-corrected chi connectivity index (χ0v) is 8.40. The number of hydrogen-bond acceptors (Lipinski definition) is 3. The molecular weight excluding hydrogens is 203 g/mol. The first-order chi connectivity index (χ1) is 6.76. The summed E-state index contributed by atoms with van der Waals surface area (Å²) in [5, 5.41) is 11.6. The van der Waals surface area contributed by atoms with Gasteiger partial charge in [-0.3, -0.25) is 0 Å². The van der Waals surface area contributed by atoms with Crippen LogP contribution in [0.1, 0.15) is 5.56 Å². The number of methoxy groups -OCH3 is 1. The SMILES string of the molecule is COc1csc2c(CO)cc(F)cc12. The molecule has 0 fully saturated rings. The normalized spacial score (nSPS) is 10.8. The van der Waals surface area contributed by atoms with Crippen molar-refractivity contribution < 1.29 is 14.2 Å². The van der Waals surface area contributed by atoms with Gasteiger partial charge in [-0.25, -0.2) is 4.39 Å². The number of rotatable bonds is 2. The van der Waals surface area contributed by atoms with Gasteiger partial charge < -0.3 is 9.84 Å². The molecule has 0 bridgehead atoms. The van der Waals surface area contributed by atoms with Gasteiger partial charge >= 0.3 is 0 Å². The molecule has 0 aliphatic heterocycles. The minimum Gasteiger partial charge on any atom is -0.495 e. The number of thiophene rings is 1. The minimum atomic E-state index is -0.349. The second-order valence-electron chi connectivity index (χ2n) is 2.90. The highest BCUT2D eigenvalue weighted by molar-refractivity contribution is 7.17. The van der Waals surface area contributed by atoms with Gasteiger partial charge in [0.25, 0.3) is 0 Å². The van der Waals surface area contributed by atoms with Crippen LogP contribution in [0.15, 0.2) is 17.5 Å². The Bertz CT molecular complexity index is 464. The van der Waals surface area contributed by atoms with E-state index in [9.17, 15) is 4.39 Å². The van der Waals surface area contributed by atoms with E-state index in [2.05, 4.69) is 0 Å². The molecule has 0 radical (unpaired) electrons. The molecule has 4 heteroatoms. The Balaban J connectivity index is 2.76. The van der Waals surface area contributed by atoms with E-state index in [1.54, 1.807) is 7.11 Å². The van der Waals surface area contributed by atoms with Gasteiger partial charge in [0.1, 0.15) is 11.6 Å². The molecule has 0 amide bonds. The van der Waals surface area contributed by atoms with Gasteiger partial charge in [-0.1, -0.05) is 0 Å². The summed E-state index contributed by atoms with van der Waals surface area (Å²) in [5.41, 5.74) is 0.605. The Kier molecular flexibility index (Phi) is 2.39. The Morgan fingerprint density at radius 2 is 2.29 bits per heavy atom. The lowest BCUT2D eigenvalue weighted by atomic mass is 10.1. The molecule has 1 N–H and O–H groups in total. The van der Waals surface area contributed by atoms with Gasteiger partial charge in [-0.2, -0.15) is 0 Å². The molecule has 0 aliphatic rings. The number of fused-ring (bicyclic) bond motifs is 1. The van der Waals surface area contributed by atoms with E-state index >= 15 is 0 Å². The molecule has 0 spiro atoms. The van der Waals surface area contributed by atoms with Crippen molar-refractivity contribution >= 4 is 21.4 Å². The summed E-state index contributed by atoms with van der Waals surface area (Å²) in [6, 6.07) is 2.77. The molecule has 2 aromatic rings. The summed E-state index contributed by atoms with van der Waals surface area (Å²) in [6.07, 6.45) is 0. The molecule has 14 heavy (non-hydrogen) atoms. The fraction of sp³-hybridized carbons (Fsp3) is 0.200. The van der Waals surface area contributed by atoms with Crippen molar-refractivity contribution in [1.29, 1.82) is 0 Å². The van der Waals surface area contributed by atoms with Crippen LogP contribution in [-0.2, 0) is 6.61 Å². The summed E-state index contributed by atoms with van der Waals surface area (Å²) in [5.74, 6) is 0.303. The number of aliphatic hydroxyl groups is 1. The Morgan fingerprint density at radius 1 is 1.50 bits per heavy atom. The smallest absolute Gasteiger partial charge is 0.137 e. The van der Waals surface area contributed by atoms with Crippen molar-refractivity contribution in [3.63, 3.8) is 0 Å². The first-order valence-electron chi connectivity index (χ1n) is 4.10. The van der Waals surface area contributed by atoms with Crippen LogP contribution in [0.4, 0.5) is 4.39 Å². The Labute approximate surface area is 84.6 Å². The van der Waals surface area contributed by atoms with Crippen molar-refractivity contribution in [3.8, 4) is 5.75 Å². The van der Waals surface area contributed by atoms with Crippen LogP contribution < -0.4 is 4.74 Å². The molecule has 1 aromatic carbocycles. The molecule has 0 saturated carbocycles. The van der Waals surface area contributed by atoms with Crippen LogP contribution >= 0.6 is 11.3 Å². The van der Waals surface area contributed by atoms with Crippen molar-refractivity contribution in [2.24, 2.45) is 0 Å². The van der Waals surface area contributed by atoms with E-state index < -0.39 is 0 Å². The third kappa shape index (κ3) is 1.36. The zero-order valence-electron chi connectivity index (χ0n) is 7.58. The average Bonchev–Trinajstić information content (AvgIpc) is 2.59. The van der Waals surface area contributed by atoms with E-state index in [4.69, 9.17) is 9.84 Å². The monoisotopic (exact) mass is 212 g/mol. The number of ether oxygens (including phenoxy) is 1. The topological polar surface area (TPSA) is 29.5 Å². The fourth-order valence-electron chi connectivity index (χ4n) is 1.42. The molecule has 1 heterocycles. The lowest BCUT2D eigenvalue weighted by molar-refractivity contribution is 0.283. The summed E-state index contributed by atoms with van der Waals surface area (Å²) in [4.78, 5) is 0. The first-order valence-corrected chi connectivity index (χ1v) is 4.98. The maximum atomic E-state index is 13.1. The second-order valence-corrected chi connectivity index (χ2v) is 3.78. The predicted molar refractivity (Wildman–Crippen MR) is 54.3 cm³/mol. The molecule has 0 unspecified atom stereocenters. The van der Waals surface area contributed by atoms with Gasteiger partial charge in [-0.05, 0) is 17.7 Å². The fourth-order valence-corrected chi connectivity index (χ4v) is 2.43. The molecule has 2 nitrogen and oxygen atoms in total. The van der Waals surface area contributed by atoms with Gasteiger partial charge in [-0.15, -0.1) is 11.3 Å². The van der Waals surface area contributed by atoms with Crippen LogP contribution in [0.25, 0.3) is 10.1 Å². The van der Waals surface area contributed by atoms with Crippen LogP contribution in [-0.4, -0.2) is 12.2 Å². The summed E-state index contributed by atoms with van der Waals surface area (Å²) in [6.45, 7) is -0.155. The minimum absolute atomic E-state index is 0.155. The lowest BCUT2D eigenvalue weighted by Gasteiger charge is -2.00. The van der Waals surface area contributed by atoms with Crippen molar-refractivity contribution in [2.75, 3.05) is 7.11 Å². The maximum absolute atomic E-state index is 13.1. The molecule has 1 aromatic heterocycles. The highest BCUT2D eigenvalue weighted by Gasteiger charge is 2.09. The van der Waals surface area contributed by atoms with E-state index in [1.807, 2.05) is 5.38 Å². The first kappa shape index (κ1) is 9.43. The largest absolute Gasteiger partial charge is 0.495 e. The third-order valence-corrected chi connectivity index (χ3v) is 3.12. The molecule has 0 aliphatic carbocycles. The van der Waals surface area contributed by atoms with Crippen molar-refractivity contribution in [2.45, 2.75) is 6.61 Å². The highest BCUT2D eigenvalue weighted by Crippen LogP contribution is 2.35. The predicted octanol–water partition coefficient (Wildman–Crippen LogP) is 2.54. The highest BCUT2D eigenvalue weighted by atomic mass is 32.1. The number of aliphatic hydroxyl groups excluding tert-OH is 1. The molecule has 74 valence electrons.